The van der Waals surface area contributed by atoms with E-state index in [-0.39, 0.29) is 11.4 Å². The highest BCUT2D eigenvalue weighted by Gasteiger charge is 2.22. The second-order valence-electron chi connectivity index (χ2n) is 6.47. The zero-order valence-corrected chi connectivity index (χ0v) is 13.9. The Morgan fingerprint density at radius 1 is 1.17 bits per heavy atom. The Kier molecular flexibility index (Phi) is 4.35. The second kappa shape index (κ2) is 6.61. The van der Waals surface area contributed by atoms with Crippen molar-refractivity contribution in [3.05, 3.63) is 11.6 Å². The van der Waals surface area contributed by atoms with Gasteiger partial charge in [0, 0.05) is 19.2 Å². The van der Waals surface area contributed by atoms with Gasteiger partial charge in [-0.15, -0.1) is 0 Å². The van der Waals surface area contributed by atoms with E-state index in [1.807, 2.05) is 6.33 Å². The molecule has 1 unspecified atom stereocenters. The van der Waals surface area contributed by atoms with Crippen LogP contribution in [0.3, 0.4) is 0 Å². The minimum Gasteiger partial charge on any atom is -0.376 e. The highest BCUT2D eigenvalue weighted by atomic mass is 35.5. The van der Waals surface area contributed by atoms with Gasteiger partial charge < -0.3 is 14.6 Å². The van der Waals surface area contributed by atoms with E-state index in [0.717, 1.165) is 37.2 Å². The molecule has 7 heteroatoms. The maximum atomic E-state index is 6.15. The first-order chi connectivity index (χ1) is 11.3. The van der Waals surface area contributed by atoms with E-state index in [4.69, 9.17) is 16.3 Å². The molecule has 1 N–H and O–H groups in total. The van der Waals surface area contributed by atoms with Crippen molar-refractivity contribution in [3.8, 4) is 0 Å². The Bertz CT molecular complexity index is 676. The van der Waals surface area contributed by atoms with E-state index < -0.39 is 0 Å². The molecule has 1 saturated carbocycles. The predicted molar refractivity (Wildman–Crippen MR) is 89.9 cm³/mol. The maximum absolute atomic E-state index is 6.15. The molecule has 6 nitrogen and oxygen atoms in total. The maximum Gasteiger partial charge on any atom is 0.226 e. The van der Waals surface area contributed by atoms with Crippen LogP contribution in [0.4, 0.5) is 5.82 Å². The zero-order valence-electron chi connectivity index (χ0n) is 13.2. The molecule has 1 atom stereocenters. The number of aromatic nitrogens is 4. The molecule has 0 aromatic carbocycles. The Labute approximate surface area is 140 Å². The van der Waals surface area contributed by atoms with Gasteiger partial charge in [-0.05, 0) is 43.7 Å². The topological polar surface area (TPSA) is 64.9 Å². The van der Waals surface area contributed by atoms with E-state index >= 15 is 0 Å². The van der Waals surface area contributed by atoms with Crippen LogP contribution in [-0.4, -0.2) is 38.8 Å². The van der Waals surface area contributed by atoms with Gasteiger partial charge in [0.1, 0.15) is 0 Å². The number of anilines is 1. The average molecular weight is 336 g/mol. The van der Waals surface area contributed by atoms with Gasteiger partial charge in [0.15, 0.2) is 17.0 Å². The lowest BCUT2D eigenvalue weighted by Crippen LogP contribution is -2.27. The molecule has 3 heterocycles. The molecule has 0 radical (unpaired) electrons. The van der Waals surface area contributed by atoms with E-state index in [0.29, 0.717) is 11.9 Å². The van der Waals surface area contributed by atoms with Crippen LogP contribution in [0.15, 0.2) is 6.33 Å². The Hall–Kier alpha value is -1.40. The van der Waals surface area contributed by atoms with Crippen LogP contribution in [0.2, 0.25) is 5.28 Å². The first kappa shape index (κ1) is 15.1. The monoisotopic (exact) mass is 335 g/mol. The molecule has 2 aromatic rings. The number of hydrogen-bond acceptors (Lipinski definition) is 5. The van der Waals surface area contributed by atoms with Gasteiger partial charge in [-0.25, -0.2) is 4.98 Å². The number of hydrogen-bond donors (Lipinski definition) is 1. The number of nitrogens with one attached hydrogen (secondary N) is 1. The third kappa shape index (κ3) is 3.15. The minimum absolute atomic E-state index is 0.240. The van der Waals surface area contributed by atoms with E-state index in [2.05, 4.69) is 24.8 Å². The number of rotatable bonds is 4. The van der Waals surface area contributed by atoms with E-state index in [9.17, 15) is 0 Å². The van der Waals surface area contributed by atoms with Gasteiger partial charge in [-0.3, -0.25) is 0 Å². The van der Waals surface area contributed by atoms with Crippen LogP contribution in [0.25, 0.3) is 11.2 Å². The highest BCUT2D eigenvalue weighted by Crippen LogP contribution is 2.33. The van der Waals surface area contributed by atoms with Crippen molar-refractivity contribution in [2.75, 3.05) is 18.5 Å². The summed E-state index contributed by atoms with van der Waals surface area (Å²) in [6.07, 6.45) is 10.5. The smallest absolute Gasteiger partial charge is 0.226 e. The molecule has 2 aromatic heterocycles. The van der Waals surface area contributed by atoms with Crippen LogP contribution >= 0.6 is 11.6 Å². The van der Waals surface area contributed by atoms with Crippen molar-refractivity contribution in [2.45, 2.75) is 57.1 Å². The van der Waals surface area contributed by atoms with Gasteiger partial charge in [0.25, 0.3) is 0 Å². The van der Waals surface area contributed by atoms with Crippen molar-refractivity contribution in [1.82, 2.24) is 19.5 Å². The average Bonchev–Trinajstić information content (AvgIpc) is 3.22. The Balaban J connectivity index is 1.58. The number of imidazole rings is 1. The summed E-state index contributed by atoms with van der Waals surface area (Å²) < 4.78 is 7.93. The summed E-state index contributed by atoms with van der Waals surface area (Å²) in [7, 11) is 0. The molecule has 0 bridgehead atoms. The fraction of sp³-hybridized carbons (Fsp3) is 0.688. The molecule has 2 aliphatic rings. The Morgan fingerprint density at radius 3 is 2.78 bits per heavy atom. The van der Waals surface area contributed by atoms with Gasteiger partial charge in [0.05, 0.1) is 12.4 Å². The summed E-state index contributed by atoms with van der Waals surface area (Å²) >= 11 is 6.15. The molecule has 1 saturated heterocycles. The summed E-state index contributed by atoms with van der Waals surface area (Å²) in [5.74, 6) is 0.714. The lowest BCUT2D eigenvalue weighted by Gasteiger charge is -2.23. The van der Waals surface area contributed by atoms with Crippen LogP contribution in [0, 0.1) is 0 Å². The van der Waals surface area contributed by atoms with Crippen molar-refractivity contribution in [3.63, 3.8) is 0 Å². The molecule has 4 rings (SSSR count). The third-order valence-electron chi connectivity index (χ3n) is 4.88. The number of halogens is 1. The number of fused-ring (bicyclic) bond motifs is 1. The van der Waals surface area contributed by atoms with Crippen LogP contribution in [-0.2, 0) is 4.74 Å². The first-order valence-corrected chi connectivity index (χ1v) is 8.94. The molecular formula is C16H22ClN5O. The summed E-state index contributed by atoms with van der Waals surface area (Å²) in [4.78, 5) is 13.3. The van der Waals surface area contributed by atoms with Crippen molar-refractivity contribution >= 4 is 28.6 Å². The molecule has 124 valence electrons. The van der Waals surface area contributed by atoms with Crippen molar-refractivity contribution in [1.29, 1.82) is 0 Å². The second-order valence-corrected chi connectivity index (χ2v) is 6.81. The third-order valence-corrected chi connectivity index (χ3v) is 5.05. The fourth-order valence-corrected chi connectivity index (χ4v) is 3.81. The molecule has 23 heavy (non-hydrogen) atoms. The molecule has 0 spiro atoms. The minimum atomic E-state index is 0.240. The standard InChI is InChI=1S/C16H22ClN5O/c17-16-20-14(18-9-12-7-3-4-8-23-12)13-15(21-16)22(10-19-13)11-5-1-2-6-11/h10-12H,1-9H2,(H,18,20,21). The highest BCUT2D eigenvalue weighted by molar-refractivity contribution is 6.28. The predicted octanol–water partition coefficient (Wildman–Crippen LogP) is 3.58. The van der Waals surface area contributed by atoms with Crippen LogP contribution in [0.5, 0.6) is 0 Å². The Morgan fingerprint density at radius 2 is 2.00 bits per heavy atom. The van der Waals surface area contributed by atoms with E-state index in [1.54, 1.807) is 0 Å². The fourth-order valence-electron chi connectivity index (χ4n) is 3.64. The molecule has 2 fully saturated rings. The normalized spacial score (nSPS) is 22.7. The van der Waals surface area contributed by atoms with Gasteiger partial charge in [-0.2, -0.15) is 9.97 Å². The molecular weight excluding hydrogens is 314 g/mol. The van der Waals surface area contributed by atoms with Gasteiger partial charge in [0.2, 0.25) is 5.28 Å². The zero-order chi connectivity index (χ0) is 15.6. The van der Waals surface area contributed by atoms with E-state index in [1.165, 1.54) is 32.1 Å². The molecule has 0 amide bonds. The van der Waals surface area contributed by atoms with Crippen LogP contribution < -0.4 is 5.32 Å². The van der Waals surface area contributed by atoms with Gasteiger partial charge in [-0.1, -0.05) is 12.8 Å². The van der Waals surface area contributed by atoms with Crippen molar-refractivity contribution in [2.24, 2.45) is 0 Å². The summed E-state index contributed by atoms with van der Waals surface area (Å²) in [6, 6.07) is 0.487. The van der Waals surface area contributed by atoms with Crippen LogP contribution in [0.1, 0.15) is 51.0 Å². The lowest BCUT2D eigenvalue weighted by atomic mass is 10.1. The SMILES string of the molecule is Clc1nc(NCC2CCCCO2)c2ncn(C3CCCC3)c2n1. The quantitative estimate of drug-likeness (QED) is 0.865. The number of ether oxygens (including phenoxy) is 1. The van der Waals surface area contributed by atoms with Crippen molar-refractivity contribution < 1.29 is 4.74 Å². The largest absolute Gasteiger partial charge is 0.376 e. The lowest BCUT2D eigenvalue weighted by molar-refractivity contribution is 0.0247. The summed E-state index contributed by atoms with van der Waals surface area (Å²) in [5, 5.41) is 3.63. The first-order valence-electron chi connectivity index (χ1n) is 8.57. The number of nitrogens with zero attached hydrogens (tertiary/aromatic N) is 4. The van der Waals surface area contributed by atoms with Gasteiger partial charge >= 0.3 is 0 Å². The molecule has 1 aliphatic carbocycles. The summed E-state index contributed by atoms with van der Waals surface area (Å²) in [5.41, 5.74) is 1.64. The summed E-state index contributed by atoms with van der Waals surface area (Å²) in [6.45, 7) is 1.58. The molecule has 1 aliphatic heterocycles.